The Morgan fingerprint density at radius 2 is 1.58 bits per heavy atom. The lowest BCUT2D eigenvalue weighted by Crippen LogP contribution is -2.46. The summed E-state index contributed by atoms with van der Waals surface area (Å²) in [7, 11) is -3.82. The maximum atomic E-state index is 13.6. The first-order chi connectivity index (χ1) is 17.3. The Morgan fingerprint density at radius 1 is 0.917 bits per heavy atom. The number of aromatic nitrogens is 1. The molecular weight excluding hydrogens is 470 g/mol. The number of H-pyrrole nitrogens is 1. The van der Waals surface area contributed by atoms with Gasteiger partial charge in [0, 0.05) is 36.2 Å². The van der Waals surface area contributed by atoms with Crippen LogP contribution in [0.15, 0.2) is 90.0 Å². The Kier molecular flexibility index (Phi) is 7.91. The second-order valence-electron chi connectivity index (χ2n) is 9.37. The van der Waals surface area contributed by atoms with Gasteiger partial charge in [0.1, 0.15) is 0 Å². The Bertz CT molecular complexity index is 1410. The Labute approximate surface area is 213 Å². The van der Waals surface area contributed by atoms with Crippen molar-refractivity contribution in [3.63, 3.8) is 0 Å². The number of benzene rings is 3. The van der Waals surface area contributed by atoms with Gasteiger partial charge in [0.25, 0.3) is 0 Å². The molecule has 0 spiro atoms. The van der Waals surface area contributed by atoms with E-state index in [1.807, 2.05) is 61.7 Å². The number of sulfonamides is 1. The maximum absolute atomic E-state index is 13.6. The summed E-state index contributed by atoms with van der Waals surface area (Å²) in [6.07, 6.45) is 2.65. The quantitative estimate of drug-likeness (QED) is 0.325. The molecule has 1 aromatic heterocycles. The van der Waals surface area contributed by atoms with Crippen LogP contribution in [-0.2, 0) is 27.8 Å². The first kappa shape index (κ1) is 25.7. The molecule has 0 atom stereocenters. The fourth-order valence-electron chi connectivity index (χ4n) is 4.31. The number of fused-ring (bicyclic) bond motifs is 1. The summed E-state index contributed by atoms with van der Waals surface area (Å²) >= 11 is 0. The Balaban J connectivity index is 1.57. The van der Waals surface area contributed by atoms with Crippen LogP contribution in [0.5, 0.6) is 0 Å². The summed E-state index contributed by atoms with van der Waals surface area (Å²) < 4.78 is 28.2. The van der Waals surface area contributed by atoms with Crippen molar-refractivity contribution in [3.8, 4) is 0 Å². The second-order valence-corrected chi connectivity index (χ2v) is 11.3. The molecule has 0 aliphatic rings. The largest absolute Gasteiger partial charge is 0.361 e. The van der Waals surface area contributed by atoms with Gasteiger partial charge >= 0.3 is 0 Å². The van der Waals surface area contributed by atoms with Crippen molar-refractivity contribution < 1.29 is 13.2 Å². The molecule has 7 heteroatoms. The van der Waals surface area contributed by atoms with E-state index >= 15 is 0 Å². The lowest BCUT2D eigenvalue weighted by Gasteiger charge is -2.29. The molecule has 4 aromatic rings. The minimum absolute atomic E-state index is 0.197. The zero-order chi connectivity index (χ0) is 25.7. The number of carbonyl (C=O) groups is 1. The highest BCUT2D eigenvalue weighted by atomic mass is 32.2. The molecule has 36 heavy (non-hydrogen) atoms. The van der Waals surface area contributed by atoms with Crippen LogP contribution in [0, 0.1) is 6.92 Å². The number of rotatable bonds is 10. The third-order valence-electron chi connectivity index (χ3n) is 6.39. The van der Waals surface area contributed by atoms with E-state index in [1.54, 1.807) is 43.0 Å². The van der Waals surface area contributed by atoms with Gasteiger partial charge in [-0.25, -0.2) is 8.42 Å². The van der Waals surface area contributed by atoms with E-state index in [1.165, 1.54) is 4.31 Å². The highest BCUT2D eigenvalue weighted by molar-refractivity contribution is 7.89. The van der Waals surface area contributed by atoms with Gasteiger partial charge in [-0.15, -0.1) is 0 Å². The van der Waals surface area contributed by atoms with Crippen LogP contribution in [0.3, 0.4) is 0 Å². The second kappa shape index (κ2) is 11.1. The van der Waals surface area contributed by atoms with Crippen molar-refractivity contribution in [2.75, 3.05) is 13.1 Å². The highest BCUT2D eigenvalue weighted by Crippen LogP contribution is 2.21. The Hall–Kier alpha value is -3.42. The normalized spacial score (nSPS) is 11.9. The summed E-state index contributed by atoms with van der Waals surface area (Å²) in [5, 5.41) is 1.13. The molecule has 188 valence electrons. The van der Waals surface area contributed by atoms with Crippen molar-refractivity contribution in [2.24, 2.45) is 0 Å². The zero-order valence-corrected chi connectivity index (χ0v) is 21.8. The van der Waals surface area contributed by atoms with Gasteiger partial charge in [-0.05, 0) is 56.5 Å². The van der Waals surface area contributed by atoms with Crippen LogP contribution in [0.2, 0.25) is 0 Å². The number of nitrogens with one attached hydrogen (secondary N) is 1. The van der Waals surface area contributed by atoms with Gasteiger partial charge < -0.3 is 9.88 Å². The van der Waals surface area contributed by atoms with E-state index in [-0.39, 0.29) is 23.4 Å². The molecule has 6 nitrogen and oxygen atoms in total. The molecule has 0 radical (unpaired) electrons. The SMILES string of the molecule is Cc1ccc(S(=O)(=O)N(CC(=O)N(CCc2c[nH]c3ccccc23)Cc2ccccc2)C(C)C)cc1. The number of amides is 1. The Morgan fingerprint density at radius 3 is 2.28 bits per heavy atom. The first-order valence-electron chi connectivity index (χ1n) is 12.2. The van der Waals surface area contributed by atoms with Crippen molar-refractivity contribution in [3.05, 3.63) is 102 Å². The highest BCUT2D eigenvalue weighted by Gasteiger charge is 2.30. The van der Waals surface area contributed by atoms with E-state index < -0.39 is 10.0 Å². The van der Waals surface area contributed by atoms with E-state index in [4.69, 9.17) is 0 Å². The third kappa shape index (κ3) is 5.86. The lowest BCUT2D eigenvalue weighted by molar-refractivity contribution is -0.132. The van der Waals surface area contributed by atoms with E-state index in [2.05, 4.69) is 11.1 Å². The molecule has 0 aliphatic carbocycles. The number of hydrogen-bond donors (Lipinski definition) is 1. The van der Waals surface area contributed by atoms with Gasteiger partial charge in [-0.3, -0.25) is 4.79 Å². The topological polar surface area (TPSA) is 73.5 Å². The average Bonchev–Trinajstić information content (AvgIpc) is 3.28. The van der Waals surface area contributed by atoms with Gasteiger partial charge in [0.2, 0.25) is 15.9 Å². The average molecular weight is 504 g/mol. The molecule has 1 heterocycles. The summed E-state index contributed by atoms with van der Waals surface area (Å²) in [6.45, 7) is 6.19. The van der Waals surface area contributed by atoms with E-state index in [0.717, 1.165) is 27.6 Å². The summed E-state index contributed by atoms with van der Waals surface area (Å²) in [5.41, 5.74) is 4.17. The predicted molar refractivity (Wildman–Crippen MR) is 144 cm³/mol. The molecule has 0 aliphatic heterocycles. The number of carbonyl (C=O) groups excluding carboxylic acids is 1. The van der Waals surface area contributed by atoms with Gasteiger partial charge in [-0.1, -0.05) is 66.2 Å². The van der Waals surface area contributed by atoms with Crippen LogP contribution >= 0.6 is 0 Å². The summed E-state index contributed by atoms with van der Waals surface area (Å²) in [5.74, 6) is -0.219. The maximum Gasteiger partial charge on any atom is 0.243 e. The molecule has 0 unspecified atom stereocenters. The predicted octanol–water partition coefficient (Wildman–Crippen LogP) is 5.15. The molecule has 4 rings (SSSR count). The van der Waals surface area contributed by atoms with Crippen LogP contribution in [0.4, 0.5) is 0 Å². The molecule has 1 N–H and O–H groups in total. The molecule has 3 aromatic carbocycles. The molecule has 0 bridgehead atoms. The lowest BCUT2D eigenvalue weighted by atomic mass is 10.1. The summed E-state index contributed by atoms with van der Waals surface area (Å²) in [6, 6.07) is 24.3. The number of aromatic amines is 1. The molecule has 0 saturated carbocycles. The van der Waals surface area contributed by atoms with E-state index in [9.17, 15) is 13.2 Å². The number of para-hydroxylation sites is 1. The molecular formula is C29H33N3O3S. The number of hydrogen-bond acceptors (Lipinski definition) is 3. The van der Waals surface area contributed by atoms with Crippen molar-refractivity contribution in [1.29, 1.82) is 0 Å². The fourth-order valence-corrected chi connectivity index (χ4v) is 5.90. The number of aryl methyl sites for hydroxylation is 1. The minimum Gasteiger partial charge on any atom is -0.361 e. The van der Waals surface area contributed by atoms with Crippen molar-refractivity contribution >= 4 is 26.8 Å². The third-order valence-corrected chi connectivity index (χ3v) is 8.43. The van der Waals surface area contributed by atoms with Crippen molar-refractivity contribution in [2.45, 2.75) is 44.7 Å². The standard InChI is InChI=1S/C29H33N3O3S/c1-22(2)32(36(34,35)26-15-13-23(3)14-16-26)21-29(33)31(20-24-9-5-4-6-10-24)18-17-25-19-30-28-12-8-7-11-27(25)28/h4-16,19,22,30H,17-18,20-21H2,1-3H3. The van der Waals surface area contributed by atoms with Gasteiger partial charge in [-0.2, -0.15) is 4.31 Å². The monoisotopic (exact) mass is 503 g/mol. The molecule has 1 amide bonds. The van der Waals surface area contributed by atoms with E-state index in [0.29, 0.717) is 19.5 Å². The first-order valence-corrected chi connectivity index (χ1v) is 13.6. The van der Waals surface area contributed by atoms with Crippen LogP contribution < -0.4 is 0 Å². The summed E-state index contributed by atoms with van der Waals surface area (Å²) in [4.78, 5) is 18.9. The van der Waals surface area contributed by atoms with Gasteiger partial charge in [0.05, 0.1) is 11.4 Å². The fraction of sp³-hybridized carbons (Fsp3) is 0.276. The smallest absolute Gasteiger partial charge is 0.243 e. The van der Waals surface area contributed by atoms with Gasteiger partial charge in [0.15, 0.2) is 0 Å². The van der Waals surface area contributed by atoms with Crippen LogP contribution in [-0.4, -0.2) is 47.6 Å². The van der Waals surface area contributed by atoms with Crippen LogP contribution in [0.25, 0.3) is 10.9 Å². The number of nitrogens with zero attached hydrogens (tertiary/aromatic N) is 2. The minimum atomic E-state index is -3.82. The molecule has 0 saturated heterocycles. The zero-order valence-electron chi connectivity index (χ0n) is 21.0. The van der Waals surface area contributed by atoms with Crippen LogP contribution in [0.1, 0.15) is 30.5 Å². The molecule has 0 fully saturated rings. The van der Waals surface area contributed by atoms with Crippen molar-refractivity contribution in [1.82, 2.24) is 14.2 Å².